The van der Waals surface area contributed by atoms with Crippen LogP contribution >= 0.6 is 0 Å². The minimum absolute atomic E-state index is 0.658. The lowest BCUT2D eigenvalue weighted by Crippen LogP contribution is -2.36. The van der Waals surface area contributed by atoms with Crippen LogP contribution in [0.5, 0.6) is 0 Å². The number of hydrogen-bond acceptors (Lipinski definition) is 2. The first-order valence-corrected chi connectivity index (χ1v) is 4.08. The molecule has 0 aliphatic heterocycles. The molecule has 1 aromatic rings. The van der Waals surface area contributed by atoms with Gasteiger partial charge in [0.25, 0.3) is 5.92 Å². The molecule has 0 aliphatic rings. The van der Waals surface area contributed by atoms with Gasteiger partial charge in [-0.1, -0.05) is 12.1 Å². The minimum Gasteiger partial charge on any atom is -0.390 e. The molecule has 6 heteroatoms. The largest absolute Gasteiger partial charge is 0.390 e. The fourth-order valence-electron chi connectivity index (χ4n) is 1.09. The van der Waals surface area contributed by atoms with Crippen molar-refractivity contribution in [1.29, 1.82) is 0 Å². The summed E-state index contributed by atoms with van der Waals surface area (Å²) in [6.45, 7) is -1.52. The predicted molar refractivity (Wildman–Crippen MR) is 45.3 cm³/mol. The maximum atomic E-state index is 13.0. The molecule has 3 N–H and O–H groups in total. The van der Waals surface area contributed by atoms with Crippen molar-refractivity contribution in [3.63, 3.8) is 0 Å². The number of aliphatic hydroxyl groups excluding tert-OH is 1. The first kappa shape index (κ1) is 11.9. The molecule has 0 spiro atoms. The summed E-state index contributed by atoms with van der Waals surface area (Å²) in [5.41, 5.74) is 4.38. The summed E-state index contributed by atoms with van der Waals surface area (Å²) in [4.78, 5) is 0. The second kappa shape index (κ2) is 4.16. The standard InChI is InChI=1S/C9H9F4NO/c10-6-3-1-2-5(7(6)11)8(14)9(12,13)4-15/h1-3,8,15H,4,14H2/t8-/m1/s1. The highest BCUT2D eigenvalue weighted by atomic mass is 19.3. The molecular weight excluding hydrogens is 214 g/mol. The number of halogens is 4. The van der Waals surface area contributed by atoms with Crippen molar-refractivity contribution in [3.8, 4) is 0 Å². The molecule has 0 radical (unpaired) electrons. The summed E-state index contributed by atoms with van der Waals surface area (Å²) in [7, 11) is 0. The molecule has 1 rings (SSSR count). The molecule has 0 amide bonds. The van der Waals surface area contributed by atoms with E-state index < -0.39 is 35.8 Å². The molecule has 15 heavy (non-hydrogen) atoms. The van der Waals surface area contributed by atoms with E-state index in [-0.39, 0.29) is 0 Å². The van der Waals surface area contributed by atoms with Gasteiger partial charge in [0.05, 0.1) is 6.04 Å². The van der Waals surface area contributed by atoms with Crippen LogP contribution < -0.4 is 5.73 Å². The summed E-state index contributed by atoms with van der Waals surface area (Å²) in [5.74, 6) is -6.36. The Balaban J connectivity index is 3.12. The zero-order chi connectivity index (χ0) is 11.6. The molecule has 0 aliphatic carbocycles. The van der Waals surface area contributed by atoms with E-state index in [2.05, 4.69) is 0 Å². The normalized spacial score (nSPS) is 14.0. The van der Waals surface area contributed by atoms with Crippen LogP contribution in [0.25, 0.3) is 0 Å². The van der Waals surface area contributed by atoms with Crippen LogP contribution in [0.15, 0.2) is 18.2 Å². The Morgan fingerprint density at radius 1 is 1.33 bits per heavy atom. The van der Waals surface area contributed by atoms with Crippen molar-refractivity contribution in [2.75, 3.05) is 6.61 Å². The quantitative estimate of drug-likeness (QED) is 0.764. The monoisotopic (exact) mass is 223 g/mol. The lowest BCUT2D eigenvalue weighted by Gasteiger charge is -2.21. The van der Waals surface area contributed by atoms with Gasteiger partial charge < -0.3 is 10.8 Å². The van der Waals surface area contributed by atoms with Gasteiger partial charge in [0.1, 0.15) is 6.61 Å². The molecule has 0 heterocycles. The van der Waals surface area contributed by atoms with Crippen LogP contribution in [0.1, 0.15) is 11.6 Å². The van der Waals surface area contributed by atoms with E-state index in [1.807, 2.05) is 0 Å². The van der Waals surface area contributed by atoms with Crippen molar-refractivity contribution in [2.24, 2.45) is 5.73 Å². The Bertz CT molecular complexity index is 356. The first-order chi connectivity index (χ1) is 6.90. The molecule has 1 aromatic carbocycles. The third-order valence-corrected chi connectivity index (χ3v) is 1.98. The van der Waals surface area contributed by atoms with Gasteiger partial charge in [-0.15, -0.1) is 0 Å². The fraction of sp³-hybridized carbons (Fsp3) is 0.333. The Morgan fingerprint density at radius 2 is 1.93 bits per heavy atom. The zero-order valence-corrected chi connectivity index (χ0v) is 7.55. The molecule has 2 nitrogen and oxygen atoms in total. The van der Waals surface area contributed by atoms with Crippen molar-refractivity contribution in [1.82, 2.24) is 0 Å². The van der Waals surface area contributed by atoms with Gasteiger partial charge >= 0.3 is 0 Å². The highest BCUT2D eigenvalue weighted by Crippen LogP contribution is 2.30. The lowest BCUT2D eigenvalue weighted by molar-refractivity contribution is -0.0719. The zero-order valence-electron chi connectivity index (χ0n) is 7.55. The van der Waals surface area contributed by atoms with Gasteiger partial charge in [-0.05, 0) is 6.07 Å². The van der Waals surface area contributed by atoms with E-state index in [1.54, 1.807) is 0 Å². The average Bonchev–Trinajstić information content (AvgIpc) is 2.21. The highest BCUT2D eigenvalue weighted by Gasteiger charge is 2.39. The van der Waals surface area contributed by atoms with Crippen molar-refractivity contribution in [2.45, 2.75) is 12.0 Å². The SMILES string of the molecule is N[C@H](c1cccc(F)c1F)C(F)(F)CO. The molecular formula is C9H9F4NO. The topological polar surface area (TPSA) is 46.2 Å². The summed E-state index contributed by atoms with van der Waals surface area (Å²) < 4.78 is 51.5. The summed E-state index contributed by atoms with van der Waals surface area (Å²) in [6.07, 6.45) is 0. The second-order valence-electron chi connectivity index (χ2n) is 3.04. The minimum atomic E-state index is -3.69. The molecule has 0 bridgehead atoms. The summed E-state index contributed by atoms with van der Waals surface area (Å²) >= 11 is 0. The van der Waals surface area contributed by atoms with E-state index in [9.17, 15) is 17.6 Å². The fourth-order valence-corrected chi connectivity index (χ4v) is 1.09. The second-order valence-corrected chi connectivity index (χ2v) is 3.04. The van der Waals surface area contributed by atoms with Gasteiger partial charge in [0.15, 0.2) is 11.6 Å². The van der Waals surface area contributed by atoms with Gasteiger partial charge in [0, 0.05) is 5.56 Å². The number of nitrogens with two attached hydrogens (primary N) is 1. The number of alkyl halides is 2. The van der Waals surface area contributed by atoms with Crippen LogP contribution in [0.4, 0.5) is 17.6 Å². The van der Waals surface area contributed by atoms with Gasteiger partial charge in [-0.25, -0.2) is 17.6 Å². The Labute approximate surface area is 83.3 Å². The molecule has 0 fully saturated rings. The molecule has 0 aromatic heterocycles. The predicted octanol–water partition coefficient (Wildman–Crippen LogP) is 1.59. The third-order valence-electron chi connectivity index (χ3n) is 1.98. The van der Waals surface area contributed by atoms with Crippen LogP contribution in [-0.4, -0.2) is 17.6 Å². The van der Waals surface area contributed by atoms with Gasteiger partial charge in [-0.3, -0.25) is 0 Å². The third kappa shape index (κ3) is 2.27. The summed E-state index contributed by atoms with van der Waals surface area (Å²) in [5, 5.41) is 8.34. The van der Waals surface area contributed by atoms with E-state index in [1.165, 1.54) is 0 Å². The van der Waals surface area contributed by atoms with E-state index in [0.29, 0.717) is 0 Å². The maximum absolute atomic E-state index is 13.0. The number of aliphatic hydroxyl groups is 1. The van der Waals surface area contributed by atoms with E-state index in [4.69, 9.17) is 10.8 Å². The van der Waals surface area contributed by atoms with Crippen LogP contribution in [0.2, 0.25) is 0 Å². The highest BCUT2D eigenvalue weighted by molar-refractivity contribution is 5.24. The summed E-state index contributed by atoms with van der Waals surface area (Å²) in [6, 6.07) is 0.745. The molecule has 84 valence electrons. The molecule has 1 atom stereocenters. The van der Waals surface area contributed by atoms with Gasteiger partial charge in [-0.2, -0.15) is 0 Å². The maximum Gasteiger partial charge on any atom is 0.289 e. The molecule has 0 unspecified atom stereocenters. The van der Waals surface area contributed by atoms with Crippen LogP contribution in [0.3, 0.4) is 0 Å². The first-order valence-electron chi connectivity index (χ1n) is 4.08. The number of rotatable bonds is 3. The Hall–Kier alpha value is -1.14. The van der Waals surface area contributed by atoms with Crippen molar-refractivity contribution in [3.05, 3.63) is 35.4 Å². The molecule has 0 saturated heterocycles. The van der Waals surface area contributed by atoms with Crippen LogP contribution in [-0.2, 0) is 0 Å². The Kier molecular flexibility index (Phi) is 3.31. The number of hydrogen-bond donors (Lipinski definition) is 2. The van der Waals surface area contributed by atoms with Gasteiger partial charge in [0.2, 0.25) is 0 Å². The van der Waals surface area contributed by atoms with Crippen molar-refractivity contribution >= 4 is 0 Å². The lowest BCUT2D eigenvalue weighted by atomic mass is 10.0. The number of benzene rings is 1. The molecule has 0 saturated carbocycles. The van der Waals surface area contributed by atoms with E-state index in [0.717, 1.165) is 18.2 Å². The Morgan fingerprint density at radius 3 is 2.47 bits per heavy atom. The smallest absolute Gasteiger partial charge is 0.289 e. The van der Waals surface area contributed by atoms with Crippen molar-refractivity contribution < 1.29 is 22.7 Å². The average molecular weight is 223 g/mol. The van der Waals surface area contributed by atoms with E-state index >= 15 is 0 Å². The van der Waals surface area contributed by atoms with Crippen LogP contribution in [0, 0.1) is 11.6 Å².